The molecule has 14 heavy (non-hydrogen) atoms. The summed E-state index contributed by atoms with van der Waals surface area (Å²) in [6, 6.07) is 3.77. The Morgan fingerprint density at radius 1 is 1.64 bits per heavy atom. The molecule has 3 nitrogen and oxygen atoms in total. The van der Waals surface area contributed by atoms with Crippen molar-refractivity contribution in [3.63, 3.8) is 0 Å². The molecule has 1 saturated heterocycles. The van der Waals surface area contributed by atoms with E-state index in [0.717, 1.165) is 3.57 Å². The van der Waals surface area contributed by atoms with Crippen molar-refractivity contribution in [3.8, 4) is 0 Å². The van der Waals surface area contributed by atoms with E-state index in [1.807, 2.05) is 12.1 Å². The van der Waals surface area contributed by atoms with E-state index in [1.165, 1.54) is 0 Å². The number of nitrogens with zero attached hydrogens (tertiary/aromatic N) is 2. The lowest BCUT2D eigenvalue weighted by Crippen LogP contribution is -2.25. The van der Waals surface area contributed by atoms with Crippen LogP contribution in [0.25, 0.3) is 0 Å². The molecule has 0 spiro atoms. The first-order valence-corrected chi connectivity index (χ1v) is 5.74. The zero-order chi connectivity index (χ0) is 10.1. The molecule has 2 heterocycles. The number of halogens is 2. The predicted molar refractivity (Wildman–Crippen MR) is 63.6 cm³/mol. The summed E-state index contributed by atoms with van der Waals surface area (Å²) in [6.07, 6.45) is 2.11. The van der Waals surface area contributed by atoms with Gasteiger partial charge < -0.3 is 0 Å². The number of pyridine rings is 1. The fraction of sp³-hybridized carbons (Fsp3) is 0.333. The lowest BCUT2D eigenvalue weighted by molar-refractivity contribution is -0.117. The normalized spacial score (nSPS) is 21.7. The van der Waals surface area contributed by atoms with Crippen LogP contribution in [0.5, 0.6) is 0 Å². The van der Waals surface area contributed by atoms with Gasteiger partial charge in [-0.2, -0.15) is 0 Å². The molecule has 0 saturated carbocycles. The van der Waals surface area contributed by atoms with Gasteiger partial charge >= 0.3 is 0 Å². The van der Waals surface area contributed by atoms with Crippen molar-refractivity contribution >= 4 is 45.9 Å². The summed E-state index contributed by atoms with van der Waals surface area (Å²) in [6.45, 7) is 0.563. The Bertz CT molecular complexity index is 372. The Morgan fingerprint density at radius 2 is 2.43 bits per heavy atom. The monoisotopic (exact) mass is 322 g/mol. The van der Waals surface area contributed by atoms with E-state index in [0.29, 0.717) is 18.8 Å². The number of carbonyl (C=O) groups excluding carboxylic acids is 1. The fourth-order valence-corrected chi connectivity index (χ4v) is 2.14. The molecule has 5 heteroatoms. The highest BCUT2D eigenvalue weighted by Crippen LogP contribution is 2.23. The second kappa shape index (κ2) is 4.02. The van der Waals surface area contributed by atoms with E-state index in [4.69, 9.17) is 11.6 Å². The first-order chi connectivity index (χ1) is 6.66. The molecule has 1 aliphatic heterocycles. The summed E-state index contributed by atoms with van der Waals surface area (Å²) >= 11 is 8.09. The van der Waals surface area contributed by atoms with Crippen LogP contribution in [0.3, 0.4) is 0 Å². The molecule has 0 radical (unpaired) electrons. The van der Waals surface area contributed by atoms with Crippen LogP contribution in [0.4, 0.5) is 5.82 Å². The number of anilines is 1. The lowest BCUT2D eigenvalue weighted by atomic mass is 10.4. The highest BCUT2D eigenvalue weighted by molar-refractivity contribution is 14.1. The summed E-state index contributed by atoms with van der Waals surface area (Å²) in [7, 11) is 0. The van der Waals surface area contributed by atoms with Gasteiger partial charge in [0, 0.05) is 22.7 Å². The Morgan fingerprint density at radius 3 is 3.00 bits per heavy atom. The Hall–Kier alpha value is -0.360. The summed E-state index contributed by atoms with van der Waals surface area (Å²) < 4.78 is 1.07. The fourth-order valence-electron chi connectivity index (χ4n) is 1.43. The van der Waals surface area contributed by atoms with Gasteiger partial charge in [-0.3, -0.25) is 9.69 Å². The van der Waals surface area contributed by atoms with Gasteiger partial charge in [-0.15, -0.1) is 11.6 Å². The first kappa shape index (κ1) is 10.2. The molecule has 0 N–H and O–H groups in total. The largest absolute Gasteiger partial charge is 0.295 e. The van der Waals surface area contributed by atoms with Gasteiger partial charge in [0.25, 0.3) is 0 Å². The molecule has 2 rings (SSSR count). The summed E-state index contributed by atoms with van der Waals surface area (Å²) in [5.74, 6) is 0.754. The van der Waals surface area contributed by atoms with Gasteiger partial charge in [-0.05, 0) is 34.7 Å². The van der Waals surface area contributed by atoms with E-state index in [2.05, 4.69) is 27.6 Å². The summed E-state index contributed by atoms with van der Waals surface area (Å²) in [5, 5.41) is -0.0813. The number of amides is 1. The molecule has 74 valence electrons. The van der Waals surface area contributed by atoms with Crippen molar-refractivity contribution in [2.75, 3.05) is 11.4 Å². The van der Waals surface area contributed by atoms with Crippen molar-refractivity contribution in [1.82, 2.24) is 4.98 Å². The van der Waals surface area contributed by atoms with Crippen molar-refractivity contribution in [2.45, 2.75) is 11.8 Å². The van der Waals surface area contributed by atoms with Crippen molar-refractivity contribution in [3.05, 3.63) is 21.9 Å². The first-order valence-electron chi connectivity index (χ1n) is 4.23. The van der Waals surface area contributed by atoms with E-state index in [9.17, 15) is 4.79 Å². The zero-order valence-electron chi connectivity index (χ0n) is 7.28. The third-order valence-electron chi connectivity index (χ3n) is 2.06. The molecular weight excluding hydrogens is 314 g/mol. The van der Waals surface area contributed by atoms with Gasteiger partial charge in [-0.1, -0.05) is 0 Å². The van der Waals surface area contributed by atoms with Crippen LogP contribution in [0.15, 0.2) is 18.3 Å². The number of alkyl halides is 1. The van der Waals surface area contributed by atoms with Gasteiger partial charge in [0.15, 0.2) is 0 Å². The maximum absolute atomic E-state index is 11.5. The molecule has 0 aliphatic carbocycles. The van der Waals surface area contributed by atoms with Gasteiger partial charge in [0.2, 0.25) is 5.91 Å². The second-order valence-electron chi connectivity index (χ2n) is 3.14. The zero-order valence-corrected chi connectivity index (χ0v) is 10.2. The average Bonchev–Trinajstić information content (AvgIpc) is 2.45. The summed E-state index contributed by atoms with van der Waals surface area (Å²) in [5.41, 5.74) is 0. The average molecular weight is 323 g/mol. The van der Waals surface area contributed by atoms with Crippen LogP contribution >= 0.6 is 34.2 Å². The maximum atomic E-state index is 11.5. The molecule has 1 unspecified atom stereocenters. The molecule has 1 amide bonds. The number of rotatable bonds is 1. The standard InChI is InChI=1S/C9H8ClIN2O/c10-6-3-9(14)13(5-6)8-4-7(11)1-2-12-8/h1-2,4,6H,3,5H2. The Labute approximate surface area is 101 Å². The Balaban J connectivity index is 2.27. The van der Waals surface area contributed by atoms with Gasteiger partial charge in [-0.25, -0.2) is 4.98 Å². The molecule has 1 fully saturated rings. The minimum absolute atomic E-state index is 0.0551. The van der Waals surface area contributed by atoms with Crippen molar-refractivity contribution < 1.29 is 4.79 Å². The highest BCUT2D eigenvalue weighted by Gasteiger charge is 2.29. The van der Waals surface area contributed by atoms with E-state index in [-0.39, 0.29) is 11.3 Å². The number of hydrogen-bond donors (Lipinski definition) is 0. The van der Waals surface area contributed by atoms with Gasteiger partial charge in [0.1, 0.15) is 5.82 Å². The number of hydrogen-bond acceptors (Lipinski definition) is 2. The van der Waals surface area contributed by atoms with Crippen LogP contribution in [-0.4, -0.2) is 22.8 Å². The minimum atomic E-state index is -0.0813. The lowest BCUT2D eigenvalue weighted by Gasteiger charge is -2.14. The highest BCUT2D eigenvalue weighted by atomic mass is 127. The van der Waals surface area contributed by atoms with E-state index in [1.54, 1.807) is 11.1 Å². The predicted octanol–water partition coefficient (Wildman–Crippen LogP) is 2.03. The molecular formula is C9H8ClIN2O. The van der Waals surface area contributed by atoms with E-state index >= 15 is 0 Å². The third kappa shape index (κ3) is 2.00. The van der Waals surface area contributed by atoms with Crippen LogP contribution in [0.1, 0.15) is 6.42 Å². The molecule has 1 atom stereocenters. The van der Waals surface area contributed by atoms with Crippen LogP contribution in [-0.2, 0) is 4.79 Å². The molecule has 0 bridgehead atoms. The molecule has 1 aliphatic rings. The van der Waals surface area contributed by atoms with Crippen LogP contribution < -0.4 is 4.90 Å². The van der Waals surface area contributed by atoms with Crippen molar-refractivity contribution in [1.29, 1.82) is 0 Å². The van der Waals surface area contributed by atoms with Crippen LogP contribution in [0.2, 0.25) is 0 Å². The molecule has 1 aromatic heterocycles. The van der Waals surface area contributed by atoms with E-state index < -0.39 is 0 Å². The second-order valence-corrected chi connectivity index (χ2v) is 5.00. The van der Waals surface area contributed by atoms with Crippen LogP contribution in [0, 0.1) is 3.57 Å². The quantitative estimate of drug-likeness (QED) is 0.585. The van der Waals surface area contributed by atoms with Gasteiger partial charge in [0.05, 0.1) is 5.38 Å². The smallest absolute Gasteiger partial charge is 0.229 e. The van der Waals surface area contributed by atoms with Crippen molar-refractivity contribution in [2.24, 2.45) is 0 Å². The number of carbonyl (C=O) groups is 1. The molecule has 1 aromatic rings. The Kier molecular flexibility index (Phi) is 2.92. The number of aromatic nitrogens is 1. The topological polar surface area (TPSA) is 33.2 Å². The minimum Gasteiger partial charge on any atom is -0.295 e. The maximum Gasteiger partial charge on any atom is 0.229 e. The summed E-state index contributed by atoms with van der Waals surface area (Å²) in [4.78, 5) is 17.3. The SMILES string of the molecule is O=C1CC(Cl)CN1c1cc(I)ccn1. The molecule has 0 aromatic carbocycles. The third-order valence-corrected chi connectivity index (χ3v) is 3.03.